The Kier molecular flexibility index (Phi) is 36.6. The number of nitriles is 1. The Morgan fingerprint density at radius 1 is 1.15 bits per heavy atom. The Labute approximate surface area is 181 Å². The fourth-order valence-electron chi connectivity index (χ4n) is 1.00. The second kappa shape index (κ2) is 27.0. The average molecular weight is 442 g/mol. The van der Waals surface area contributed by atoms with Crippen molar-refractivity contribution in [2.24, 2.45) is 0 Å². The molecule has 0 aliphatic heterocycles. The number of halogens is 3. The zero-order valence-electron chi connectivity index (χ0n) is 16.3. The Morgan fingerprint density at radius 3 is 1.85 bits per heavy atom. The van der Waals surface area contributed by atoms with E-state index in [0.717, 1.165) is 5.56 Å². The van der Waals surface area contributed by atoms with E-state index in [2.05, 4.69) is 25.7 Å². The SMILES string of the molecule is C.C#N.CC.CC.CCC.O=C(/C=C/c1ccccc1)NC(O)C(Cl)(Cl)Cl. The Bertz CT molecular complexity index is 459. The van der Waals surface area contributed by atoms with Gasteiger partial charge in [-0.25, -0.2) is 5.26 Å². The molecule has 1 unspecified atom stereocenters. The molecule has 0 saturated carbocycles. The maximum absolute atomic E-state index is 11.3. The van der Waals surface area contributed by atoms with Crippen molar-refractivity contribution in [2.75, 3.05) is 0 Å². The van der Waals surface area contributed by atoms with E-state index in [4.69, 9.17) is 40.1 Å². The number of aliphatic hydroxyl groups is 1. The summed E-state index contributed by atoms with van der Waals surface area (Å²) in [5.74, 6) is -0.548. The Balaban J connectivity index is -0.000000140. The van der Waals surface area contributed by atoms with Crippen LogP contribution >= 0.6 is 34.8 Å². The molecule has 158 valence electrons. The molecule has 2 N–H and O–H groups in total. The van der Waals surface area contributed by atoms with E-state index >= 15 is 0 Å². The summed E-state index contributed by atoms with van der Waals surface area (Å²) in [6.07, 6.45) is 2.52. The molecule has 1 rings (SSSR count). The van der Waals surface area contributed by atoms with E-state index in [0.29, 0.717) is 0 Å². The number of alkyl halides is 3. The lowest BCUT2D eigenvalue weighted by Gasteiger charge is -2.18. The maximum atomic E-state index is 11.3. The van der Waals surface area contributed by atoms with Crippen LogP contribution in [0.15, 0.2) is 36.4 Å². The van der Waals surface area contributed by atoms with Crippen molar-refractivity contribution in [2.45, 2.75) is 65.4 Å². The van der Waals surface area contributed by atoms with Crippen molar-refractivity contribution in [1.29, 1.82) is 5.26 Å². The molecular formula is C20H35Cl3N2O2. The highest BCUT2D eigenvalue weighted by molar-refractivity contribution is 6.68. The number of carbonyl (C=O) groups is 1. The minimum absolute atomic E-state index is 0. The number of aliphatic hydroxyl groups excluding tert-OH is 1. The summed E-state index contributed by atoms with van der Waals surface area (Å²) in [6.45, 7) is 15.8. The van der Waals surface area contributed by atoms with E-state index in [1.807, 2.05) is 58.0 Å². The predicted octanol–water partition coefficient (Wildman–Crippen LogP) is 6.75. The van der Waals surface area contributed by atoms with Crippen molar-refractivity contribution in [1.82, 2.24) is 5.32 Å². The fourth-order valence-corrected chi connectivity index (χ4v) is 1.16. The van der Waals surface area contributed by atoms with Gasteiger partial charge < -0.3 is 10.4 Å². The third-order valence-electron chi connectivity index (χ3n) is 1.82. The molecule has 0 radical (unpaired) electrons. The molecule has 1 atom stereocenters. The number of hydrogen-bond donors (Lipinski definition) is 2. The number of rotatable bonds is 3. The first kappa shape index (κ1) is 36.6. The van der Waals surface area contributed by atoms with Gasteiger partial charge in [0.15, 0.2) is 6.23 Å². The lowest BCUT2D eigenvalue weighted by Crippen LogP contribution is -2.42. The van der Waals surface area contributed by atoms with Crippen LogP contribution in [0.25, 0.3) is 6.08 Å². The highest BCUT2D eigenvalue weighted by Crippen LogP contribution is 2.28. The fraction of sp³-hybridized carbons (Fsp3) is 0.500. The topological polar surface area (TPSA) is 73.1 Å². The molecule has 27 heavy (non-hydrogen) atoms. The predicted molar refractivity (Wildman–Crippen MR) is 122 cm³/mol. The van der Waals surface area contributed by atoms with E-state index in [1.165, 1.54) is 12.5 Å². The first-order valence-electron chi connectivity index (χ1n) is 8.35. The summed E-state index contributed by atoms with van der Waals surface area (Å²) in [7, 11) is 0. The summed E-state index contributed by atoms with van der Waals surface area (Å²) in [4.78, 5) is 11.3. The van der Waals surface area contributed by atoms with Crippen LogP contribution in [0.3, 0.4) is 0 Å². The van der Waals surface area contributed by atoms with Gasteiger partial charge in [-0.3, -0.25) is 4.79 Å². The van der Waals surface area contributed by atoms with Crippen molar-refractivity contribution >= 4 is 46.8 Å². The molecule has 1 amide bonds. The van der Waals surface area contributed by atoms with Gasteiger partial charge in [-0.1, -0.05) is 121 Å². The zero-order valence-corrected chi connectivity index (χ0v) is 18.6. The van der Waals surface area contributed by atoms with E-state index in [1.54, 1.807) is 6.08 Å². The first-order chi connectivity index (χ1) is 12.3. The van der Waals surface area contributed by atoms with Crippen LogP contribution in [0.2, 0.25) is 0 Å². The standard InChI is InChI=1S/C11H10Cl3NO2.C3H8.2C2H6.CHN.CH4/c12-11(13,14)10(17)15-9(16)7-6-8-4-2-1-3-5-8;1-3-2;3*1-2;/h1-7,10,17H,(H,15,16);3H2,1-2H3;2*1-2H3;1H;1H4/b7-6+;;;;;. The normalized spacial score (nSPS) is 9.78. The molecule has 0 saturated heterocycles. The number of nitrogens with zero attached hydrogens (tertiary/aromatic N) is 1. The molecule has 4 nitrogen and oxygen atoms in total. The van der Waals surface area contributed by atoms with Gasteiger partial charge in [0.1, 0.15) is 0 Å². The van der Waals surface area contributed by atoms with Crippen LogP contribution < -0.4 is 5.32 Å². The van der Waals surface area contributed by atoms with Gasteiger partial charge in [0.05, 0.1) is 0 Å². The average Bonchev–Trinajstić information content (AvgIpc) is 2.66. The van der Waals surface area contributed by atoms with Crippen LogP contribution in [0.4, 0.5) is 0 Å². The monoisotopic (exact) mass is 440 g/mol. The summed E-state index contributed by atoms with van der Waals surface area (Å²) in [5, 5.41) is 17.9. The molecule has 0 aliphatic rings. The van der Waals surface area contributed by atoms with Gasteiger partial charge in [-0.2, -0.15) is 0 Å². The molecule has 7 heteroatoms. The smallest absolute Gasteiger partial charge is 0.246 e. The second-order valence-electron chi connectivity index (χ2n) is 3.90. The third-order valence-corrected chi connectivity index (χ3v) is 2.44. The van der Waals surface area contributed by atoms with Crippen molar-refractivity contribution in [3.63, 3.8) is 0 Å². The molecular weight excluding hydrogens is 407 g/mol. The third kappa shape index (κ3) is 27.1. The maximum Gasteiger partial charge on any atom is 0.246 e. The summed E-state index contributed by atoms with van der Waals surface area (Å²) < 4.78 is -1.95. The van der Waals surface area contributed by atoms with Gasteiger partial charge in [-0.15, -0.1) is 0 Å². The first-order valence-corrected chi connectivity index (χ1v) is 9.48. The summed E-state index contributed by atoms with van der Waals surface area (Å²) >= 11 is 16.2. The van der Waals surface area contributed by atoms with Gasteiger partial charge in [-0.05, 0) is 11.6 Å². The molecule has 0 aliphatic carbocycles. The number of amides is 1. The highest BCUT2D eigenvalue weighted by Gasteiger charge is 2.31. The molecule has 0 fully saturated rings. The minimum atomic E-state index is -1.95. The van der Waals surface area contributed by atoms with E-state index in [9.17, 15) is 9.90 Å². The van der Waals surface area contributed by atoms with Gasteiger partial charge in [0.2, 0.25) is 9.70 Å². The van der Waals surface area contributed by atoms with Crippen molar-refractivity contribution < 1.29 is 9.90 Å². The minimum Gasteiger partial charge on any atom is -0.369 e. The molecule has 1 aromatic rings. The van der Waals surface area contributed by atoms with Crippen LogP contribution in [0.5, 0.6) is 0 Å². The number of nitrogens with one attached hydrogen (secondary N) is 1. The van der Waals surface area contributed by atoms with Gasteiger partial charge >= 0.3 is 0 Å². The molecule has 0 heterocycles. The zero-order chi connectivity index (χ0) is 21.6. The number of carbonyl (C=O) groups excluding carboxylic acids is 1. The molecule has 1 aromatic carbocycles. The molecule has 0 aromatic heterocycles. The highest BCUT2D eigenvalue weighted by atomic mass is 35.6. The van der Waals surface area contributed by atoms with Crippen molar-refractivity contribution in [3.05, 3.63) is 42.0 Å². The Hall–Kier alpha value is -1.25. The van der Waals surface area contributed by atoms with Crippen LogP contribution in [-0.2, 0) is 4.79 Å². The largest absolute Gasteiger partial charge is 0.369 e. The molecule has 0 spiro atoms. The summed E-state index contributed by atoms with van der Waals surface area (Å²) in [6, 6.07) is 9.20. The second-order valence-corrected chi connectivity index (χ2v) is 6.27. The lowest BCUT2D eigenvalue weighted by atomic mass is 10.2. The molecule has 0 bridgehead atoms. The van der Waals surface area contributed by atoms with Crippen LogP contribution in [0.1, 0.15) is 61.0 Å². The van der Waals surface area contributed by atoms with Crippen LogP contribution in [-0.4, -0.2) is 21.0 Å². The number of benzene rings is 1. The van der Waals surface area contributed by atoms with E-state index in [-0.39, 0.29) is 7.43 Å². The lowest BCUT2D eigenvalue weighted by molar-refractivity contribution is -0.119. The van der Waals surface area contributed by atoms with Crippen molar-refractivity contribution in [3.8, 4) is 6.57 Å². The number of hydrogen-bond acceptors (Lipinski definition) is 3. The van der Waals surface area contributed by atoms with E-state index < -0.39 is 15.9 Å². The quantitative estimate of drug-likeness (QED) is 0.309. The Morgan fingerprint density at radius 2 is 1.52 bits per heavy atom. The van der Waals surface area contributed by atoms with Crippen LogP contribution in [0, 0.1) is 11.8 Å². The van der Waals surface area contributed by atoms with Gasteiger partial charge in [0, 0.05) is 12.6 Å². The summed E-state index contributed by atoms with van der Waals surface area (Å²) in [5.41, 5.74) is 0.853. The van der Waals surface area contributed by atoms with Gasteiger partial charge in [0.25, 0.3) is 0 Å².